The zero-order valence-corrected chi connectivity index (χ0v) is 11.5. The molecule has 0 fully saturated rings. The molecule has 2 atom stereocenters. The fraction of sp³-hybridized carbons (Fsp3) is 0.462. The lowest BCUT2D eigenvalue weighted by molar-refractivity contribution is -0.150. The maximum absolute atomic E-state index is 11.5. The van der Waals surface area contributed by atoms with Crippen molar-refractivity contribution in [3.05, 3.63) is 28.8 Å². The summed E-state index contributed by atoms with van der Waals surface area (Å²) in [4.78, 5) is 11.5. The van der Waals surface area contributed by atoms with Gasteiger partial charge in [0.15, 0.2) is 6.10 Å². The fourth-order valence-electron chi connectivity index (χ4n) is 1.48. The highest BCUT2D eigenvalue weighted by Gasteiger charge is 2.18. The first-order valence-corrected chi connectivity index (χ1v) is 6.21. The van der Waals surface area contributed by atoms with E-state index in [4.69, 9.17) is 26.8 Å². The van der Waals surface area contributed by atoms with Crippen molar-refractivity contribution in [2.45, 2.75) is 32.9 Å². The minimum Gasteiger partial charge on any atom is -0.479 e. The number of carbonyl (C=O) groups excluding carboxylic acids is 1. The monoisotopic (exact) mass is 271 g/mol. The van der Waals surface area contributed by atoms with Crippen LogP contribution in [0.5, 0.6) is 5.75 Å². The van der Waals surface area contributed by atoms with Gasteiger partial charge in [-0.15, -0.1) is 0 Å². The molecule has 0 heterocycles. The Kier molecular flexibility index (Phi) is 5.44. The minimum atomic E-state index is -0.677. The number of halogens is 1. The highest BCUT2D eigenvalue weighted by atomic mass is 35.5. The van der Waals surface area contributed by atoms with Crippen LogP contribution < -0.4 is 10.5 Å². The summed E-state index contributed by atoms with van der Waals surface area (Å²) in [5.74, 6) is 0.151. The number of carbonyl (C=O) groups is 1. The average molecular weight is 272 g/mol. The second kappa shape index (κ2) is 6.61. The van der Waals surface area contributed by atoms with Gasteiger partial charge in [0.05, 0.1) is 6.61 Å². The Morgan fingerprint density at radius 3 is 2.67 bits per heavy atom. The van der Waals surface area contributed by atoms with Gasteiger partial charge >= 0.3 is 5.97 Å². The van der Waals surface area contributed by atoms with Crippen molar-refractivity contribution in [1.82, 2.24) is 0 Å². The van der Waals surface area contributed by atoms with E-state index in [-0.39, 0.29) is 6.04 Å². The highest BCUT2D eigenvalue weighted by Crippen LogP contribution is 2.28. The predicted molar refractivity (Wildman–Crippen MR) is 70.8 cm³/mol. The van der Waals surface area contributed by atoms with E-state index in [1.165, 1.54) is 0 Å². The summed E-state index contributed by atoms with van der Waals surface area (Å²) in [5.41, 5.74) is 6.60. The molecule has 2 N–H and O–H groups in total. The molecule has 0 bridgehead atoms. The van der Waals surface area contributed by atoms with E-state index in [1.54, 1.807) is 32.0 Å². The molecule has 0 saturated heterocycles. The van der Waals surface area contributed by atoms with Crippen molar-refractivity contribution < 1.29 is 14.3 Å². The molecule has 0 radical (unpaired) electrons. The highest BCUT2D eigenvalue weighted by molar-refractivity contribution is 6.30. The molecule has 1 aromatic carbocycles. The third kappa shape index (κ3) is 3.89. The van der Waals surface area contributed by atoms with Gasteiger partial charge in [0.1, 0.15) is 5.75 Å². The van der Waals surface area contributed by atoms with Crippen LogP contribution >= 0.6 is 11.6 Å². The number of hydrogen-bond acceptors (Lipinski definition) is 4. The van der Waals surface area contributed by atoms with Crippen LogP contribution in [0.25, 0.3) is 0 Å². The van der Waals surface area contributed by atoms with E-state index in [1.807, 2.05) is 6.92 Å². The predicted octanol–water partition coefficient (Wildman–Crippen LogP) is 2.69. The van der Waals surface area contributed by atoms with Crippen LogP contribution in [0, 0.1) is 0 Å². The smallest absolute Gasteiger partial charge is 0.347 e. The van der Waals surface area contributed by atoms with Gasteiger partial charge in [-0.1, -0.05) is 11.6 Å². The zero-order valence-electron chi connectivity index (χ0n) is 10.8. The second-order valence-electron chi connectivity index (χ2n) is 3.98. The van der Waals surface area contributed by atoms with E-state index in [0.29, 0.717) is 17.4 Å². The van der Waals surface area contributed by atoms with Gasteiger partial charge in [-0.25, -0.2) is 4.79 Å². The maximum atomic E-state index is 11.5. The second-order valence-corrected chi connectivity index (χ2v) is 4.42. The first-order chi connectivity index (χ1) is 8.45. The molecule has 0 saturated carbocycles. The molecule has 100 valence electrons. The molecule has 2 unspecified atom stereocenters. The molecule has 0 aliphatic rings. The van der Waals surface area contributed by atoms with E-state index < -0.39 is 12.1 Å². The Bertz CT molecular complexity index is 421. The normalized spacial score (nSPS) is 13.8. The van der Waals surface area contributed by atoms with Crippen molar-refractivity contribution in [1.29, 1.82) is 0 Å². The number of nitrogens with two attached hydrogens (primary N) is 1. The van der Waals surface area contributed by atoms with Crippen molar-refractivity contribution in [3.63, 3.8) is 0 Å². The number of ether oxygens (including phenoxy) is 2. The van der Waals surface area contributed by atoms with Crippen molar-refractivity contribution in [2.75, 3.05) is 6.61 Å². The zero-order chi connectivity index (χ0) is 13.7. The summed E-state index contributed by atoms with van der Waals surface area (Å²) in [5, 5.41) is 0.582. The summed E-state index contributed by atoms with van der Waals surface area (Å²) >= 11 is 5.91. The van der Waals surface area contributed by atoms with Crippen molar-refractivity contribution >= 4 is 17.6 Å². The molecule has 0 aliphatic heterocycles. The summed E-state index contributed by atoms with van der Waals surface area (Å²) in [6, 6.07) is 4.91. The Morgan fingerprint density at radius 1 is 1.44 bits per heavy atom. The molecule has 18 heavy (non-hydrogen) atoms. The molecule has 0 amide bonds. The van der Waals surface area contributed by atoms with Gasteiger partial charge in [-0.2, -0.15) is 0 Å². The van der Waals surface area contributed by atoms with Crippen LogP contribution in [-0.4, -0.2) is 18.7 Å². The topological polar surface area (TPSA) is 61.5 Å². The Morgan fingerprint density at radius 2 is 2.11 bits per heavy atom. The SMILES string of the molecule is CCOC(=O)C(C)Oc1ccc(Cl)cc1C(C)N. The molecule has 1 rings (SSSR count). The van der Waals surface area contributed by atoms with Crippen molar-refractivity contribution in [3.8, 4) is 5.75 Å². The standard InChI is InChI=1S/C13H18ClNO3/c1-4-17-13(16)9(3)18-12-6-5-10(14)7-11(12)8(2)15/h5-9H,4,15H2,1-3H3. The molecule has 0 aliphatic carbocycles. The fourth-order valence-corrected chi connectivity index (χ4v) is 1.66. The average Bonchev–Trinajstić information content (AvgIpc) is 2.31. The maximum Gasteiger partial charge on any atom is 0.347 e. The van der Waals surface area contributed by atoms with Gasteiger partial charge in [0.2, 0.25) is 0 Å². The van der Waals surface area contributed by atoms with E-state index >= 15 is 0 Å². The molecule has 5 heteroatoms. The largest absolute Gasteiger partial charge is 0.479 e. The molecule has 0 spiro atoms. The van der Waals surface area contributed by atoms with Crippen LogP contribution in [0.1, 0.15) is 32.4 Å². The van der Waals surface area contributed by atoms with Crippen LogP contribution in [0.3, 0.4) is 0 Å². The van der Waals surface area contributed by atoms with Gasteiger partial charge in [0, 0.05) is 16.6 Å². The quantitative estimate of drug-likeness (QED) is 0.837. The van der Waals surface area contributed by atoms with E-state index in [0.717, 1.165) is 5.56 Å². The van der Waals surface area contributed by atoms with Crippen LogP contribution in [0.2, 0.25) is 5.02 Å². The summed E-state index contributed by atoms with van der Waals surface area (Å²) in [7, 11) is 0. The summed E-state index contributed by atoms with van der Waals surface area (Å²) < 4.78 is 10.4. The number of hydrogen-bond donors (Lipinski definition) is 1. The lowest BCUT2D eigenvalue weighted by Gasteiger charge is -2.18. The van der Waals surface area contributed by atoms with Gasteiger partial charge in [-0.05, 0) is 39.0 Å². The van der Waals surface area contributed by atoms with Crippen LogP contribution in [0.4, 0.5) is 0 Å². The molecule has 0 aromatic heterocycles. The van der Waals surface area contributed by atoms with E-state index in [2.05, 4.69) is 0 Å². The summed E-state index contributed by atoms with van der Waals surface area (Å²) in [6.07, 6.45) is -0.677. The number of rotatable bonds is 5. The Hall–Kier alpha value is -1.26. The van der Waals surface area contributed by atoms with E-state index in [9.17, 15) is 4.79 Å². The third-order valence-corrected chi connectivity index (χ3v) is 2.62. The van der Waals surface area contributed by atoms with Crippen LogP contribution in [-0.2, 0) is 9.53 Å². The number of benzene rings is 1. The Balaban J connectivity index is 2.87. The van der Waals surface area contributed by atoms with Crippen LogP contribution in [0.15, 0.2) is 18.2 Å². The third-order valence-electron chi connectivity index (χ3n) is 2.38. The molecule has 1 aromatic rings. The first kappa shape index (κ1) is 14.8. The molecule has 4 nitrogen and oxygen atoms in total. The van der Waals surface area contributed by atoms with Gasteiger partial charge < -0.3 is 15.2 Å². The number of esters is 1. The summed E-state index contributed by atoms with van der Waals surface area (Å²) in [6.45, 7) is 5.54. The van der Waals surface area contributed by atoms with Crippen molar-refractivity contribution in [2.24, 2.45) is 5.73 Å². The lowest BCUT2D eigenvalue weighted by Crippen LogP contribution is -2.26. The lowest BCUT2D eigenvalue weighted by atomic mass is 10.1. The van der Waals surface area contributed by atoms with Gasteiger partial charge in [0.25, 0.3) is 0 Å². The minimum absolute atomic E-state index is 0.229. The van der Waals surface area contributed by atoms with Gasteiger partial charge in [-0.3, -0.25) is 0 Å². The Labute approximate surface area is 112 Å². The molecular formula is C13H18ClNO3. The molecular weight excluding hydrogens is 254 g/mol. The first-order valence-electron chi connectivity index (χ1n) is 5.84.